The van der Waals surface area contributed by atoms with Crippen LogP contribution in [0.4, 0.5) is 0 Å². The average Bonchev–Trinajstić information content (AvgIpc) is 2.56. The van der Waals surface area contributed by atoms with Crippen LogP contribution in [0.25, 0.3) is 16.6 Å². The maximum Gasteiger partial charge on any atom is 0.101 e. The van der Waals surface area contributed by atoms with Crippen LogP contribution < -0.4 is 5.32 Å². The summed E-state index contributed by atoms with van der Waals surface area (Å²) in [6.45, 7) is 14.6. The number of hydrogen-bond donors (Lipinski definition) is 2. The first-order chi connectivity index (χ1) is 11.4. The Bertz CT molecular complexity index is 936. The fourth-order valence-electron chi connectivity index (χ4n) is 4.23. The van der Waals surface area contributed by atoms with Crippen LogP contribution in [0.2, 0.25) is 0 Å². The Morgan fingerprint density at radius 3 is 2.83 bits per heavy atom. The molecule has 2 unspecified atom stereocenters. The molecule has 2 heterocycles. The third-order valence-electron chi connectivity index (χ3n) is 5.45. The van der Waals surface area contributed by atoms with E-state index < -0.39 is 6.10 Å². The van der Waals surface area contributed by atoms with Gasteiger partial charge in [0.2, 0.25) is 0 Å². The number of aliphatic hydroxyl groups excluding tert-OH is 1. The molecule has 2 aliphatic rings. The van der Waals surface area contributed by atoms with Crippen molar-refractivity contribution >= 4 is 16.6 Å². The van der Waals surface area contributed by atoms with Crippen LogP contribution in [0.15, 0.2) is 54.8 Å². The highest BCUT2D eigenvalue weighted by molar-refractivity contribution is 6.01. The fraction of sp³-hybridized carbons (Fsp3) is 0.286. The first kappa shape index (κ1) is 15.2. The van der Waals surface area contributed by atoms with E-state index in [0.717, 1.165) is 38.9 Å². The molecule has 0 bridgehead atoms. The van der Waals surface area contributed by atoms with Crippen LogP contribution in [-0.2, 0) is 5.41 Å². The highest BCUT2D eigenvalue weighted by Gasteiger charge is 2.41. The predicted octanol–water partition coefficient (Wildman–Crippen LogP) is 4.00. The van der Waals surface area contributed by atoms with Crippen molar-refractivity contribution in [2.75, 3.05) is 0 Å². The van der Waals surface area contributed by atoms with Gasteiger partial charge in [-0.25, -0.2) is 0 Å². The van der Waals surface area contributed by atoms with E-state index >= 15 is 0 Å². The van der Waals surface area contributed by atoms with E-state index in [4.69, 9.17) is 0 Å². The Morgan fingerprint density at radius 1 is 1.38 bits per heavy atom. The molecule has 1 aliphatic heterocycles. The van der Waals surface area contributed by atoms with Crippen molar-refractivity contribution in [2.24, 2.45) is 0 Å². The van der Waals surface area contributed by atoms with E-state index in [1.165, 1.54) is 5.56 Å². The van der Waals surface area contributed by atoms with Gasteiger partial charge in [-0.2, -0.15) is 0 Å². The molecule has 0 fully saturated rings. The maximum atomic E-state index is 10.7. The van der Waals surface area contributed by atoms with Crippen molar-refractivity contribution < 1.29 is 5.11 Å². The smallest absolute Gasteiger partial charge is 0.101 e. The Labute approximate surface area is 142 Å². The monoisotopic (exact) mass is 318 g/mol. The maximum absolute atomic E-state index is 10.7. The van der Waals surface area contributed by atoms with Gasteiger partial charge in [-0.05, 0) is 29.7 Å². The summed E-state index contributed by atoms with van der Waals surface area (Å²) in [5.41, 5.74) is 7.03. The SMILES string of the molecule is C=CC(=C)C1=C2NC(C)C(O)c3cnc4cccc(c4c32)C1(C)C. The molecule has 1 aromatic carbocycles. The predicted molar refractivity (Wildman–Crippen MR) is 98.6 cm³/mol. The summed E-state index contributed by atoms with van der Waals surface area (Å²) in [5.74, 6) is 0. The van der Waals surface area contributed by atoms with Gasteiger partial charge in [-0.15, -0.1) is 0 Å². The van der Waals surface area contributed by atoms with Gasteiger partial charge in [0.25, 0.3) is 0 Å². The number of allylic oxidation sites excluding steroid dienone is 3. The summed E-state index contributed by atoms with van der Waals surface area (Å²) < 4.78 is 0. The second-order valence-corrected chi connectivity index (χ2v) is 7.27. The number of benzene rings is 1. The minimum Gasteiger partial charge on any atom is -0.386 e. The molecule has 4 rings (SSSR count). The van der Waals surface area contributed by atoms with Crippen molar-refractivity contribution in [1.82, 2.24) is 10.3 Å². The third kappa shape index (κ3) is 1.73. The van der Waals surface area contributed by atoms with Crippen LogP contribution in [0, 0.1) is 0 Å². The number of aliphatic hydroxyl groups is 1. The molecule has 1 aromatic heterocycles. The fourth-order valence-corrected chi connectivity index (χ4v) is 4.23. The van der Waals surface area contributed by atoms with Gasteiger partial charge in [0.1, 0.15) is 6.10 Å². The van der Waals surface area contributed by atoms with Crippen molar-refractivity contribution in [2.45, 2.75) is 38.3 Å². The molecule has 3 heteroatoms. The Hall–Kier alpha value is -2.39. The number of nitrogens with one attached hydrogen (secondary N) is 1. The summed E-state index contributed by atoms with van der Waals surface area (Å²) in [6.07, 6.45) is 3.05. The third-order valence-corrected chi connectivity index (χ3v) is 5.45. The number of hydrogen-bond acceptors (Lipinski definition) is 3. The molecular formula is C21H22N2O. The molecule has 122 valence electrons. The number of nitrogens with zero attached hydrogens (tertiary/aromatic N) is 1. The zero-order chi connectivity index (χ0) is 17.2. The molecule has 0 radical (unpaired) electrons. The zero-order valence-electron chi connectivity index (χ0n) is 14.4. The van der Waals surface area contributed by atoms with Crippen LogP contribution in [0.3, 0.4) is 0 Å². The van der Waals surface area contributed by atoms with Gasteiger partial charge in [0.05, 0.1) is 11.6 Å². The molecule has 2 aromatic rings. The largest absolute Gasteiger partial charge is 0.386 e. The minimum atomic E-state index is -0.576. The lowest BCUT2D eigenvalue weighted by Crippen LogP contribution is -2.41. The zero-order valence-corrected chi connectivity index (χ0v) is 14.4. The second-order valence-electron chi connectivity index (χ2n) is 7.27. The summed E-state index contributed by atoms with van der Waals surface area (Å²) in [7, 11) is 0. The van der Waals surface area contributed by atoms with E-state index in [9.17, 15) is 5.11 Å². The molecule has 0 saturated heterocycles. The summed E-state index contributed by atoms with van der Waals surface area (Å²) in [6, 6.07) is 6.15. The second kappa shape index (κ2) is 4.81. The van der Waals surface area contributed by atoms with Crippen LogP contribution in [-0.4, -0.2) is 16.1 Å². The van der Waals surface area contributed by atoms with Gasteiger partial charge in [0.15, 0.2) is 0 Å². The lowest BCUT2D eigenvalue weighted by Gasteiger charge is -2.42. The average molecular weight is 318 g/mol. The van der Waals surface area contributed by atoms with Crippen LogP contribution in [0.5, 0.6) is 0 Å². The van der Waals surface area contributed by atoms with Crippen molar-refractivity contribution in [3.05, 3.63) is 71.5 Å². The van der Waals surface area contributed by atoms with Gasteiger partial charge in [-0.3, -0.25) is 4.98 Å². The van der Waals surface area contributed by atoms with Gasteiger partial charge >= 0.3 is 0 Å². The summed E-state index contributed by atoms with van der Waals surface area (Å²) in [4.78, 5) is 4.61. The molecular weight excluding hydrogens is 296 g/mol. The first-order valence-electron chi connectivity index (χ1n) is 8.31. The Kier molecular flexibility index (Phi) is 3.03. The molecule has 0 spiro atoms. The summed E-state index contributed by atoms with van der Waals surface area (Å²) in [5, 5.41) is 15.3. The highest BCUT2D eigenvalue weighted by atomic mass is 16.3. The quantitative estimate of drug-likeness (QED) is 0.823. The number of aromatic nitrogens is 1. The van der Waals surface area contributed by atoms with Gasteiger partial charge in [-0.1, -0.05) is 45.2 Å². The summed E-state index contributed by atoms with van der Waals surface area (Å²) >= 11 is 0. The normalized spacial score (nSPS) is 23.8. The topological polar surface area (TPSA) is 45.1 Å². The van der Waals surface area contributed by atoms with Crippen LogP contribution >= 0.6 is 0 Å². The standard InChI is InChI=1S/C21H22N2O/c1-6-11(2)18-19-16-13(20(24)12(3)23-19)10-22-15-9-7-8-14(17(15)16)21(18,4)5/h6-10,12,20,23-24H,1-2H2,3-5H3. The van der Waals surface area contributed by atoms with E-state index in [-0.39, 0.29) is 11.5 Å². The van der Waals surface area contributed by atoms with Gasteiger partial charge < -0.3 is 10.4 Å². The lowest BCUT2D eigenvalue weighted by atomic mass is 9.66. The Balaban J connectivity index is 2.23. The number of pyridine rings is 1. The first-order valence-corrected chi connectivity index (χ1v) is 8.31. The molecule has 0 saturated carbocycles. The van der Waals surface area contributed by atoms with Crippen molar-refractivity contribution in [3.8, 4) is 0 Å². The molecule has 1 aliphatic carbocycles. The minimum absolute atomic E-state index is 0.0829. The van der Waals surface area contributed by atoms with Crippen molar-refractivity contribution in [3.63, 3.8) is 0 Å². The number of rotatable bonds is 2. The molecule has 0 amide bonds. The highest BCUT2D eigenvalue weighted by Crippen LogP contribution is 2.51. The Morgan fingerprint density at radius 2 is 2.12 bits per heavy atom. The molecule has 2 N–H and O–H groups in total. The van der Waals surface area contributed by atoms with Crippen LogP contribution in [0.1, 0.15) is 43.6 Å². The van der Waals surface area contributed by atoms with E-state index in [1.807, 2.05) is 31.3 Å². The lowest BCUT2D eigenvalue weighted by molar-refractivity contribution is 0.138. The molecule has 24 heavy (non-hydrogen) atoms. The van der Waals surface area contributed by atoms with E-state index in [2.05, 4.69) is 43.4 Å². The van der Waals surface area contributed by atoms with E-state index in [0.29, 0.717) is 0 Å². The van der Waals surface area contributed by atoms with Crippen molar-refractivity contribution in [1.29, 1.82) is 0 Å². The molecule has 3 nitrogen and oxygen atoms in total. The molecule has 2 atom stereocenters. The van der Waals surface area contributed by atoms with Gasteiger partial charge in [0, 0.05) is 33.8 Å². The van der Waals surface area contributed by atoms with E-state index in [1.54, 1.807) is 0 Å².